The van der Waals surface area contributed by atoms with Crippen molar-refractivity contribution >= 4 is 32.6 Å². The second kappa shape index (κ2) is 11.3. The maximum Gasteiger partial charge on any atom is 0.145 e. The van der Waals surface area contributed by atoms with Gasteiger partial charge < -0.3 is 0 Å². The number of benzene rings is 8. The number of para-hydroxylation sites is 3. The van der Waals surface area contributed by atoms with E-state index in [4.69, 9.17) is 10.5 Å². The average Bonchev–Trinajstić information content (AvgIpc) is 3.63. The van der Waals surface area contributed by atoms with Gasteiger partial charge in [-0.15, -0.1) is 0 Å². The molecule has 0 unspecified atom stereocenters. The van der Waals surface area contributed by atoms with Gasteiger partial charge in [0.15, 0.2) is 0 Å². The lowest BCUT2D eigenvalue weighted by Gasteiger charge is -2.18. The minimum atomic E-state index is -0.439. The molecule has 0 aliphatic heterocycles. The Bertz CT molecular complexity index is 2920. The minimum absolute atomic E-state index is 0.166. The van der Waals surface area contributed by atoms with Crippen LogP contribution in [0.15, 0.2) is 182 Å². The number of rotatable bonds is 5. The van der Waals surface area contributed by atoms with Crippen LogP contribution in [0.4, 0.5) is 0 Å². The van der Waals surface area contributed by atoms with Crippen LogP contribution in [0, 0.1) is 0 Å². The van der Waals surface area contributed by atoms with Crippen molar-refractivity contribution in [3.8, 4) is 50.5 Å². The first-order valence-electron chi connectivity index (χ1n) is 19.4. The van der Waals surface area contributed by atoms with Crippen LogP contribution in [0.2, 0.25) is 0 Å². The van der Waals surface area contributed by atoms with Gasteiger partial charge in [-0.2, -0.15) is 0 Å². The van der Waals surface area contributed by atoms with Gasteiger partial charge in [-0.25, -0.2) is 4.98 Å². The van der Waals surface area contributed by atoms with Crippen LogP contribution in [0.1, 0.15) is 11.0 Å². The van der Waals surface area contributed by atoms with Gasteiger partial charge in [0.1, 0.15) is 5.82 Å². The van der Waals surface area contributed by atoms with Crippen molar-refractivity contribution in [3.05, 3.63) is 182 Å². The Morgan fingerprint density at radius 2 is 0.915 bits per heavy atom. The van der Waals surface area contributed by atoms with E-state index in [1.807, 2.05) is 133 Å². The van der Waals surface area contributed by atoms with Crippen molar-refractivity contribution < 1.29 is 11.0 Å². The fraction of sp³-hybridized carbons (Fsp3) is 0. The van der Waals surface area contributed by atoms with Gasteiger partial charge in [-0.05, 0) is 85.3 Å². The van der Waals surface area contributed by atoms with E-state index in [1.54, 1.807) is 0 Å². The summed E-state index contributed by atoms with van der Waals surface area (Å²) in [6, 6.07) is 39.5. The largest absolute Gasteiger partial charge is 0.292 e. The van der Waals surface area contributed by atoms with Crippen LogP contribution in [-0.4, -0.2) is 9.55 Å². The lowest BCUT2D eigenvalue weighted by Crippen LogP contribution is -1.97. The highest BCUT2D eigenvalue weighted by molar-refractivity contribution is 6.21. The molecule has 0 N–H and O–H groups in total. The standard InChI is InChI=1S/C45H30N2/c1-3-14-31(15-4-1)32-26-28-33(29-27-32)43-37-20-7-9-22-39(37)44(40-23-10-8-21-38(40)43)34-16-13-17-35(30-34)45-46-41-24-11-12-25-42(41)47(45)36-18-5-2-6-19-36/h1-30H/i7D,8D,9D,10D,20D,21D,22D,23D. The maximum absolute atomic E-state index is 9.35. The van der Waals surface area contributed by atoms with Crippen molar-refractivity contribution in [2.75, 3.05) is 0 Å². The highest BCUT2D eigenvalue weighted by Crippen LogP contribution is 2.44. The molecule has 0 aliphatic carbocycles. The molecule has 2 nitrogen and oxygen atoms in total. The molecule has 1 heterocycles. The van der Waals surface area contributed by atoms with E-state index in [0.717, 1.165) is 27.8 Å². The van der Waals surface area contributed by atoms with Crippen molar-refractivity contribution in [2.24, 2.45) is 0 Å². The zero-order valence-corrected chi connectivity index (χ0v) is 25.1. The molecule has 0 aliphatic rings. The first-order valence-corrected chi connectivity index (χ1v) is 15.4. The summed E-state index contributed by atoms with van der Waals surface area (Å²) in [5.41, 5.74) is 6.89. The fourth-order valence-corrected chi connectivity index (χ4v) is 6.53. The normalized spacial score (nSPS) is 13.8. The molecular weight excluding hydrogens is 569 g/mol. The summed E-state index contributed by atoms with van der Waals surface area (Å²) in [5.74, 6) is 0.641. The summed E-state index contributed by atoms with van der Waals surface area (Å²) in [4.78, 5) is 5.04. The molecule has 9 rings (SSSR count). The van der Waals surface area contributed by atoms with E-state index in [9.17, 15) is 5.48 Å². The van der Waals surface area contributed by atoms with E-state index in [2.05, 4.69) is 4.57 Å². The molecule has 0 bridgehead atoms. The molecule has 2 heteroatoms. The summed E-state index contributed by atoms with van der Waals surface area (Å²) in [6.07, 6.45) is 0. The number of nitrogens with zero attached hydrogens (tertiary/aromatic N) is 2. The predicted molar refractivity (Wildman–Crippen MR) is 198 cm³/mol. The second-order valence-corrected chi connectivity index (χ2v) is 11.4. The molecule has 0 saturated carbocycles. The third kappa shape index (κ3) is 4.62. The number of imidazole rings is 1. The molecule has 220 valence electrons. The van der Waals surface area contributed by atoms with Crippen LogP contribution in [-0.2, 0) is 0 Å². The Hall–Kier alpha value is -6.25. The molecule has 1 aromatic heterocycles. The Labute approximate surface area is 285 Å². The van der Waals surface area contributed by atoms with E-state index in [0.29, 0.717) is 28.1 Å². The summed E-state index contributed by atoms with van der Waals surface area (Å²) < 4.78 is 74.6. The highest BCUT2D eigenvalue weighted by atomic mass is 15.1. The first kappa shape index (κ1) is 20.0. The SMILES string of the molecule is [2H]c1c([2H])c([2H])c2c(-c3cccc(-c4nc5ccccc5n4-c4ccccc4)c3)c3c([2H])c([2H])c([2H])c([2H])c3c(-c3ccc(-c4ccccc4)cc3)c2c1[2H]. The smallest absolute Gasteiger partial charge is 0.145 e. The monoisotopic (exact) mass is 606 g/mol. The van der Waals surface area contributed by atoms with Gasteiger partial charge in [0, 0.05) is 11.3 Å². The van der Waals surface area contributed by atoms with Crippen LogP contribution in [0.5, 0.6) is 0 Å². The lowest BCUT2D eigenvalue weighted by atomic mass is 9.85. The Balaban J connectivity index is 1.41. The third-order valence-electron chi connectivity index (χ3n) is 8.64. The molecule has 0 fully saturated rings. The fourth-order valence-electron chi connectivity index (χ4n) is 6.53. The third-order valence-corrected chi connectivity index (χ3v) is 8.64. The van der Waals surface area contributed by atoms with Gasteiger partial charge in [0.2, 0.25) is 0 Å². The van der Waals surface area contributed by atoms with Gasteiger partial charge in [-0.1, -0.05) is 151 Å². The van der Waals surface area contributed by atoms with Crippen LogP contribution in [0.3, 0.4) is 0 Å². The van der Waals surface area contributed by atoms with Gasteiger partial charge in [-0.3, -0.25) is 4.57 Å². The maximum atomic E-state index is 9.35. The Morgan fingerprint density at radius 1 is 0.426 bits per heavy atom. The quantitative estimate of drug-likeness (QED) is 0.178. The average molecular weight is 607 g/mol. The molecule has 47 heavy (non-hydrogen) atoms. The van der Waals surface area contributed by atoms with Crippen molar-refractivity contribution in [1.29, 1.82) is 0 Å². The predicted octanol–water partition coefficient (Wildman–Crippen LogP) is 12.0. The number of fused-ring (bicyclic) bond motifs is 3. The molecule has 9 aromatic rings. The highest BCUT2D eigenvalue weighted by Gasteiger charge is 2.19. The summed E-state index contributed by atoms with van der Waals surface area (Å²) in [5, 5.41) is 0.680. The topological polar surface area (TPSA) is 17.8 Å². The zero-order chi connectivity index (χ0) is 38.1. The lowest BCUT2D eigenvalue weighted by molar-refractivity contribution is 1.10. The first-order chi connectivity index (χ1) is 26.7. The van der Waals surface area contributed by atoms with Crippen LogP contribution < -0.4 is 0 Å². The van der Waals surface area contributed by atoms with Gasteiger partial charge in [0.05, 0.1) is 22.0 Å². The molecule has 0 atom stereocenters. The summed E-state index contributed by atoms with van der Waals surface area (Å²) in [6.45, 7) is 0. The second-order valence-electron chi connectivity index (χ2n) is 11.4. The molecular formula is C45H30N2. The molecule has 0 saturated heterocycles. The van der Waals surface area contributed by atoms with E-state index in [-0.39, 0.29) is 51.3 Å². The minimum Gasteiger partial charge on any atom is -0.292 e. The van der Waals surface area contributed by atoms with Crippen LogP contribution in [0.25, 0.3) is 83.0 Å². The van der Waals surface area contributed by atoms with Crippen molar-refractivity contribution in [2.45, 2.75) is 0 Å². The molecule has 0 amide bonds. The van der Waals surface area contributed by atoms with E-state index >= 15 is 0 Å². The number of hydrogen-bond acceptors (Lipinski definition) is 1. The number of aromatic nitrogens is 2. The van der Waals surface area contributed by atoms with Gasteiger partial charge >= 0.3 is 0 Å². The molecule has 0 spiro atoms. The van der Waals surface area contributed by atoms with E-state index in [1.165, 1.54) is 0 Å². The van der Waals surface area contributed by atoms with Crippen molar-refractivity contribution in [1.82, 2.24) is 9.55 Å². The Kier molecular flexibility index (Phi) is 4.80. The molecule has 0 radical (unpaired) electrons. The molecule has 8 aromatic carbocycles. The van der Waals surface area contributed by atoms with E-state index < -0.39 is 24.2 Å². The Morgan fingerprint density at radius 3 is 1.57 bits per heavy atom. The number of hydrogen-bond donors (Lipinski definition) is 0. The van der Waals surface area contributed by atoms with Crippen LogP contribution >= 0.6 is 0 Å². The summed E-state index contributed by atoms with van der Waals surface area (Å²) in [7, 11) is 0. The van der Waals surface area contributed by atoms with Gasteiger partial charge in [0.25, 0.3) is 0 Å². The summed E-state index contributed by atoms with van der Waals surface area (Å²) >= 11 is 0. The van der Waals surface area contributed by atoms with Crippen molar-refractivity contribution in [3.63, 3.8) is 0 Å². The zero-order valence-electron chi connectivity index (χ0n) is 33.1.